The molecule has 2 aliphatic heterocycles. The molecule has 5 amide bonds. The highest BCUT2D eigenvalue weighted by atomic mass is 16.4. The number of amides is 5. The number of hydrazine groups is 1. The fourth-order valence-corrected chi connectivity index (χ4v) is 3.81. The van der Waals surface area contributed by atoms with Gasteiger partial charge in [0.1, 0.15) is 0 Å². The fraction of sp³-hybridized carbons (Fsp3) is 0. The van der Waals surface area contributed by atoms with E-state index in [1.54, 1.807) is 12.1 Å². The van der Waals surface area contributed by atoms with Crippen LogP contribution in [0, 0.1) is 0 Å². The number of aromatic carboxylic acids is 1. The molecule has 0 saturated carbocycles. The lowest BCUT2D eigenvalue weighted by atomic mass is 10.1. The molecular formula is C24H13N3O7. The summed E-state index contributed by atoms with van der Waals surface area (Å²) >= 11 is 0. The summed E-state index contributed by atoms with van der Waals surface area (Å²) in [5.74, 6) is -5.07. The molecule has 0 aliphatic carbocycles. The number of anilines is 1. The minimum Gasteiger partial charge on any atom is -0.478 e. The summed E-state index contributed by atoms with van der Waals surface area (Å²) in [6.45, 7) is 0. The van der Waals surface area contributed by atoms with E-state index in [4.69, 9.17) is 5.11 Å². The number of carbonyl (C=O) groups excluding carboxylic acids is 5. The Bertz CT molecular complexity index is 1420. The number of imide groups is 2. The summed E-state index contributed by atoms with van der Waals surface area (Å²) in [6, 6.07) is 15.3. The third-order valence-corrected chi connectivity index (χ3v) is 5.49. The molecule has 0 aromatic heterocycles. The van der Waals surface area contributed by atoms with Crippen LogP contribution in [0.4, 0.5) is 5.69 Å². The monoisotopic (exact) mass is 455 g/mol. The Morgan fingerprint density at radius 3 is 1.62 bits per heavy atom. The quantitative estimate of drug-likeness (QED) is 0.576. The van der Waals surface area contributed by atoms with Crippen molar-refractivity contribution >= 4 is 41.2 Å². The van der Waals surface area contributed by atoms with Crippen molar-refractivity contribution in [2.45, 2.75) is 0 Å². The molecule has 0 bridgehead atoms. The number of hydrogen-bond acceptors (Lipinski definition) is 6. The second kappa shape index (κ2) is 7.48. The molecule has 3 aromatic rings. The summed E-state index contributed by atoms with van der Waals surface area (Å²) < 4.78 is 0. The van der Waals surface area contributed by atoms with Crippen LogP contribution in [0.3, 0.4) is 0 Å². The van der Waals surface area contributed by atoms with Crippen molar-refractivity contribution in [1.82, 2.24) is 10.0 Å². The molecule has 0 atom stereocenters. The Morgan fingerprint density at radius 2 is 1.09 bits per heavy atom. The molecule has 0 fully saturated rings. The van der Waals surface area contributed by atoms with Crippen LogP contribution in [-0.4, -0.2) is 50.6 Å². The first-order chi connectivity index (χ1) is 16.3. The van der Waals surface area contributed by atoms with Crippen molar-refractivity contribution in [1.29, 1.82) is 0 Å². The molecular weight excluding hydrogens is 442 g/mol. The Balaban J connectivity index is 1.41. The highest BCUT2D eigenvalue weighted by Crippen LogP contribution is 2.31. The van der Waals surface area contributed by atoms with Gasteiger partial charge in [-0.15, -0.1) is 0 Å². The summed E-state index contributed by atoms with van der Waals surface area (Å²) in [5, 5.41) is 12.5. The van der Waals surface area contributed by atoms with E-state index in [-0.39, 0.29) is 33.4 Å². The van der Waals surface area contributed by atoms with Crippen LogP contribution in [0.5, 0.6) is 0 Å². The van der Waals surface area contributed by atoms with Gasteiger partial charge in [-0.2, -0.15) is 10.0 Å². The zero-order valence-electron chi connectivity index (χ0n) is 17.1. The number of benzene rings is 3. The average molecular weight is 455 g/mol. The van der Waals surface area contributed by atoms with Gasteiger partial charge >= 0.3 is 5.97 Å². The molecule has 5 rings (SSSR count). The van der Waals surface area contributed by atoms with E-state index < -0.39 is 35.5 Å². The summed E-state index contributed by atoms with van der Waals surface area (Å²) in [6.07, 6.45) is 0. The number of hydrogen-bond donors (Lipinski definition) is 2. The van der Waals surface area contributed by atoms with E-state index in [0.29, 0.717) is 15.7 Å². The van der Waals surface area contributed by atoms with Crippen LogP contribution >= 0.6 is 0 Å². The molecule has 2 heterocycles. The van der Waals surface area contributed by atoms with E-state index in [1.807, 2.05) is 0 Å². The first kappa shape index (κ1) is 20.8. The largest absolute Gasteiger partial charge is 0.478 e. The van der Waals surface area contributed by atoms with Crippen LogP contribution in [0.2, 0.25) is 0 Å². The van der Waals surface area contributed by atoms with Crippen LogP contribution in [0.15, 0.2) is 66.7 Å². The highest BCUT2D eigenvalue weighted by molar-refractivity contribution is 6.28. The molecule has 2 N–H and O–H groups in total. The summed E-state index contributed by atoms with van der Waals surface area (Å²) in [4.78, 5) is 75.0. The Hall–Kier alpha value is -5.12. The van der Waals surface area contributed by atoms with E-state index >= 15 is 0 Å². The van der Waals surface area contributed by atoms with Gasteiger partial charge in [-0.25, -0.2) is 4.79 Å². The lowest BCUT2D eigenvalue weighted by Crippen LogP contribution is -2.49. The standard InChI is InChI=1S/C24H13N3O7/c28-19(25-14-8-5-12(6-9-14)24(33)34)13-7-10-17-18(11-13)23(32)27(22(17)31)26-20(29)15-3-1-2-4-16(15)21(26)30/h1-11H,(H,25,28)(H,33,34). The van der Waals surface area contributed by atoms with Gasteiger partial charge in [0.15, 0.2) is 0 Å². The van der Waals surface area contributed by atoms with E-state index in [0.717, 1.165) is 0 Å². The zero-order chi connectivity index (χ0) is 24.1. The third kappa shape index (κ3) is 3.05. The normalized spacial score (nSPS) is 14.4. The lowest BCUT2D eigenvalue weighted by molar-refractivity contribution is 0.00845. The molecule has 10 nitrogen and oxygen atoms in total. The molecule has 10 heteroatoms. The van der Waals surface area contributed by atoms with E-state index in [2.05, 4.69) is 5.32 Å². The predicted molar refractivity (Wildman–Crippen MR) is 115 cm³/mol. The second-order valence-corrected chi connectivity index (χ2v) is 7.49. The smallest absolute Gasteiger partial charge is 0.335 e. The maximum absolute atomic E-state index is 13.0. The van der Waals surface area contributed by atoms with Crippen molar-refractivity contribution in [3.63, 3.8) is 0 Å². The van der Waals surface area contributed by atoms with Crippen molar-refractivity contribution in [3.8, 4) is 0 Å². The molecule has 34 heavy (non-hydrogen) atoms. The molecule has 0 radical (unpaired) electrons. The summed E-state index contributed by atoms with van der Waals surface area (Å²) in [5.41, 5.74) is 0.403. The maximum Gasteiger partial charge on any atom is 0.335 e. The number of nitrogens with one attached hydrogen (secondary N) is 1. The molecule has 0 unspecified atom stereocenters. The zero-order valence-corrected chi connectivity index (χ0v) is 17.1. The highest BCUT2D eigenvalue weighted by Gasteiger charge is 2.48. The van der Waals surface area contributed by atoms with Gasteiger partial charge in [0.05, 0.1) is 27.8 Å². The van der Waals surface area contributed by atoms with Crippen LogP contribution in [0.25, 0.3) is 0 Å². The number of fused-ring (bicyclic) bond motifs is 2. The number of carboxylic acid groups (broad SMARTS) is 1. The van der Waals surface area contributed by atoms with Crippen molar-refractivity contribution in [3.05, 3.63) is 100 Å². The summed E-state index contributed by atoms with van der Waals surface area (Å²) in [7, 11) is 0. The first-order valence-corrected chi connectivity index (χ1v) is 9.93. The van der Waals surface area contributed by atoms with Crippen LogP contribution < -0.4 is 5.32 Å². The van der Waals surface area contributed by atoms with Gasteiger partial charge in [-0.1, -0.05) is 12.1 Å². The van der Waals surface area contributed by atoms with Gasteiger partial charge in [-0.05, 0) is 54.6 Å². The average Bonchev–Trinajstić information content (AvgIpc) is 3.23. The van der Waals surface area contributed by atoms with Crippen molar-refractivity contribution in [2.75, 3.05) is 5.32 Å². The van der Waals surface area contributed by atoms with Gasteiger partial charge in [-0.3, -0.25) is 24.0 Å². The minimum absolute atomic E-state index is 0.0476. The molecule has 2 aliphatic rings. The van der Waals surface area contributed by atoms with Crippen molar-refractivity contribution < 1.29 is 33.9 Å². The third-order valence-electron chi connectivity index (χ3n) is 5.49. The fourth-order valence-electron chi connectivity index (χ4n) is 3.81. The van der Waals surface area contributed by atoms with E-state index in [9.17, 15) is 28.8 Å². The number of carbonyl (C=O) groups is 6. The van der Waals surface area contributed by atoms with Crippen molar-refractivity contribution in [2.24, 2.45) is 0 Å². The number of carboxylic acids is 1. The van der Waals surface area contributed by atoms with Gasteiger partial charge in [0, 0.05) is 11.3 Å². The Morgan fingerprint density at radius 1 is 0.618 bits per heavy atom. The van der Waals surface area contributed by atoms with E-state index in [1.165, 1.54) is 54.6 Å². The maximum atomic E-state index is 13.0. The topological polar surface area (TPSA) is 141 Å². The lowest BCUT2D eigenvalue weighted by Gasteiger charge is -2.23. The van der Waals surface area contributed by atoms with Crippen LogP contribution in [-0.2, 0) is 0 Å². The SMILES string of the molecule is O=C(O)c1ccc(NC(=O)c2ccc3c(c2)C(=O)N(N2C(=O)c4ccccc4C2=O)C3=O)cc1. The molecule has 0 spiro atoms. The number of rotatable bonds is 4. The Kier molecular flexibility index (Phi) is 4.57. The van der Waals surface area contributed by atoms with Gasteiger partial charge in [0.25, 0.3) is 29.5 Å². The second-order valence-electron chi connectivity index (χ2n) is 7.49. The Labute approximate surface area is 191 Å². The number of nitrogens with zero attached hydrogens (tertiary/aromatic N) is 2. The van der Waals surface area contributed by atoms with Crippen LogP contribution in [0.1, 0.15) is 62.1 Å². The van der Waals surface area contributed by atoms with Gasteiger partial charge in [0.2, 0.25) is 0 Å². The first-order valence-electron chi connectivity index (χ1n) is 9.93. The van der Waals surface area contributed by atoms with Gasteiger partial charge < -0.3 is 10.4 Å². The molecule has 3 aromatic carbocycles. The molecule has 166 valence electrons. The minimum atomic E-state index is -1.11. The molecule has 0 saturated heterocycles. The predicted octanol–water partition coefficient (Wildman–Crippen LogP) is 2.44.